The third-order valence-corrected chi connectivity index (χ3v) is 2.25. The van der Waals surface area contributed by atoms with E-state index in [9.17, 15) is 0 Å². The van der Waals surface area contributed by atoms with Crippen molar-refractivity contribution in [2.75, 3.05) is 5.32 Å². The van der Waals surface area contributed by atoms with E-state index in [2.05, 4.69) is 15.3 Å². The fourth-order valence-corrected chi connectivity index (χ4v) is 1.39. The van der Waals surface area contributed by atoms with Crippen molar-refractivity contribution >= 4 is 33.1 Å². The number of nitrogens with zero attached hydrogens (tertiary/aromatic N) is 4. The maximum absolute atomic E-state index is 8.55. The highest BCUT2D eigenvalue weighted by molar-refractivity contribution is 7.79. The summed E-state index contributed by atoms with van der Waals surface area (Å²) in [5, 5.41) is 20.3. The molecule has 0 fully saturated rings. The Hall–Kier alpha value is -3.05. The Bertz CT molecular complexity index is 741. The molecule has 0 heterocycles. The highest BCUT2D eigenvalue weighted by Crippen LogP contribution is 2.22. The van der Waals surface area contributed by atoms with Gasteiger partial charge >= 0.3 is 11.4 Å². The second-order valence-electron chi connectivity index (χ2n) is 3.83. The molecule has 0 amide bonds. The van der Waals surface area contributed by atoms with Crippen LogP contribution < -0.4 is 5.32 Å². The maximum Gasteiger partial charge on any atom is 0.385 e. The van der Waals surface area contributed by atoms with Crippen molar-refractivity contribution in [1.29, 1.82) is 10.8 Å². The molecule has 0 spiro atoms. The van der Waals surface area contributed by atoms with E-state index in [-0.39, 0.29) is 0 Å². The minimum atomic E-state index is -5.17. The maximum atomic E-state index is 8.55. The van der Waals surface area contributed by atoms with Gasteiger partial charge in [-0.15, -0.1) is 0 Å². The summed E-state index contributed by atoms with van der Waals surface area (Å²) in [6.45, 7) is 0. The third-order valence-electron chi connectivity index (χ3n) is 2.25. The van der Waals surface area contributed by atoms with Gasteiger partial charge in [0, 0.05) is 46.0 Å². The van der Waals surface area contributed by atoms with Gasteiger partial charge in [0.1, 0.15) is 0 Å². The predicted octanol–water partition coefficient (Wildman–Crippen LogP) is 3.06. The summed E-state index contributed by atoms with van der Waals surface area (Å²) >= 11 is 0. The van der Waals surface area contributed by atoms with Crippen LogP contribution in [0.15, 0.2) is 48.5 Å². The molecule has 2 rings (SSSR count). The van der Waals surface area contributed by atoms with Crippen LogP contribution in [-0.2, 0) is 10.4 Å². The largest absolute Gasteiger partial charge is 0.759 e. The van der Waals surface area contributed by atoms with Gasteiger partial charge in [-0.2, -0.15) is 0 Å². The molecule has 10 heteroatoms. The number of anilines is 2. The molecule has 0 atom stereocenters. The third kappa shape index (κ3) is 6.93. The van der Waals surface area contributed by atoms with E-state index >= 15 is 0 Å². The quantitative estimate of drug-likeness (QED) is 0.507. The molecule has 0 aliphatic heterocycles. The number of hydrogen-bond donors (Lipinski definition) is 1. The van der Waals surface area contributed by atoms with E-state index in [4.69, 9.17) is 28.3 Å². The molecule has 0 saturated heterocycles. The van der Waals surface area contributed by atoms with Crippen molar-refractivity contribution in [3.05, 3.63) is 58.5 Å². The van der Waals surface area contributed by atoms with Crippen LogP contribution in [0.4, 0.5) is 22.7 Å². The van der Waals surface area contributed by atoms with Crippen LogP contribution in [0.25, 0.3) is 9.95 Å². The van der Waals surface area contributed by atoms with Gasteiger partial charge < -0.3 is 14.4 Å². The van der Waals surface area contributed by atoms with E-state index in [0.717, 1.165) is 11.4 Å². The zero-order valence-corrected chi connectivity index (χ0v) is 11.8. The predicted molar refractivity (Wildman–Crippen MR) is 76.1 cm³/mol. The molecule has 9 nitrogen and oxygen atoms in total. The van der Waals surface area contributed by atoms with Crippen molar-refractivity contribution in [1.82, 2.24) is 0 Å². The van der Waals surface area contributed by atoms with Gasteiger partial charge in [0.2, 0.25) is 10.8 Å². The van der Waals surface area contributed by atoms with Crippen LogP contribution in [-0.4, -0.2) is 17.5 Å². The summed E-state index contributed by atoms with van der Waals surface area (Å²) in [5.41, 5.74) is 2.77. The average Bonchev–Trinajstić information content (AvgIpc) is 2.47. The van der Waals surface area contributed by atoms with Crippen LogP contribution in [0, 0.1) is 10.8 Å². The van der Waals surface area contributed by atoms with Gasteiger partial charge in [0.05, 0.1) is 0 Å². The first kappa shape index (κ1) is 17.0. The summed E-state index contributed by atoms with van der Waals surface area (Å²) in [6.07, 6.45) is 0. The van der Waals surface area contributed by atoms with Gasteiger partial charge in [-0.3, -0.25) is 8.42 Å². The number of nitrogens with one attached hydrogen (secondary N) is 1. The van der Waals surface area contributed by atoms with Crippen LogP contribution in [0.5, 0.6) is 0 Å². The monoisotopic (exact) mass is 319 g/mol. The molecule has 0 aromatic heterocycles. The lowest BCUT2D eigenvalue weighted by Gasteiger charge is -2.06. The highest BCUT2D eigenvalue weighted by Gasteiger charge is 2.05. The number of diazo groups is 2. The molecular formula is C12H9N5O4S. The summed E-state index contributed by atoms with van der Waals surface area (Å²) in [6, 6.07) is 14.0. The molecule has 2 aromatic rings. The van der Waals surface area contributed by atoms with Gasteiger partial charge in [-0.05, 0) is 24.3 Å². The molecule has 1 N–H and O–H groups in total. The second kappa shape index (κ2) is 7.66. The standard InChI is InChI=1S/C12H9N5.H2O4S/c13-16-11-5-1-9(2-6-11)15-10-3-7-12(17-14)8-4-10;1-5(2,3)4/h1-8,15H;(H2,1,2,3,4)/q+2;/p-2. The first-order chi connectivity index (χ1) is 10.3. The van der Waals surface area contributed by atoms with Crippen LogP contribution in [0.3, 0.4) is 0 Å². The number of benzene rings is 2. The smallest absolute Gasteiger partial charge is 0.385 e. The van der Waals surface area contributed by atoms with Crippen molar-refractivity contribution in [3.8, 4) is 0 Å². The SMILES string of the molecule is N#[N+]c1ccc(Nc2ccc([N+]#N)cc2)cc1.O=S(=O)([O-])[O-]. The average molecular weight is 319 g/mol. The van der Waals surface area contributed by atoms with Crippen molar-refractivity contribution in [2.45, 2.75) is 0 Å². The molecular weight excluding hydrogens is 310 g/mol. The lowest BCUT2D eigenvalue weighted by atomic mass is 10.2. The molecule has 0 aliphatic carbocycles. The zero-order chi connectivity index (χ0) is 16.6. The van der Waals surface area contributed by atoms with E-state index in [1.807, 2.05) is 0 Å². The fraction of sp³-hybridized carbons (Fsp3) is 0. The highest BCUT2D eigenvalue weighted by atomic mass is 32.3. The van der Waals surface area contributed by atoms with Gasteiger partial charge in [-0.25, -0.2) is 0 Å². The van der Waals surface area contributed by atoms with Gasteiger partial charge in [-0.1, -0.05) is 0 Å². The van der Waals surface area contributed by atoms with Crippen molar-refractivity contribution < 1.29 is 17.5 Å². The summed E-state index contributed by atoms with van der Waals surface area (Å²) in [7, 11) is -5.17. The Balaban J connectivity index is 0.000000422. The Morgan fingerprint density at radius 3 is 1.27 bits per heavy atom. The molecule has 0 aliphatic rings. The van der Waals surface area contributed by atoms with E-state index in [1.165, 1.54) is 0 Å². The summed E-state index contributed by atoms with van der Waals surface area (Å²) in [5.74, 6) is 0. The molecule has 0 unspecified atom stereocenters. The molecule has 0 saturated carbocycles. The van der Waals surface area contributed by atoms with Crippen molar-refractivity contribution in [3.63, 3.8) is 0 Å². The van der Waals surface area contributed by atoms with Crippen LogP contribution in [0.1, 0.15) is 0 Å². The van der Waals surface area contributed by atoms with Crippen LogP contribution >= 0.6 is 0 Å². The number of hydrogen-bond acceptors (Lipinski definition) is 7. The summed E-state index contributed by atoms with van der Waals surface area (Å²) < 4.78 is 34.1. The molecule has 22 heavy (non-hydrogen) atoms. The Morgan fingerprint density at radius 2 is 1.05 bits per heavy atom. The Kier molecular flexibility index (Phi) is 5.92. The topological polar surface area (TPSA) is 149 Å². The Labute approximate surface area is 126 Å². The molecule has 2 aromatic carbocycles. The van der Waals surface area contributed by atoms with E-state index < -0.39 is 10.4 Å². The normalized spacial score (nSPS) is 9.64. The Morgan fingerprint density at radius 1 is 0.773 bits per heavy atom. The number of rotatable bonds is 2. The fourth-order valence-electron chi connectivity index (χ4n) is 1.39. The van der Waals surface area contributed by atoms with Gasteiger partial charge in [0.25, 0.3) is 0 Å². The second-order valence-corrected chi connectivity index (χ2v) is 4.64. The lowest BCUT2D eigenvalue weighted by molar-refractivity contribution is 0.352. The lowest BCUT2D eigenvalue weighted by Crippen LogP contribution is -1.91. The minimum absolute atomic E-state index is 0.505. The van der Waals surface area contributed by atoms with Gasteiger partial charge in [0.15, 0.2) is 9.95 Å². The summed E-state index contributed by atoms with van der Waals surface area (Å²) in [4.78, 5) is 6.15. The van der Waals surface area contributed by atoms with Crippen LogP contribution in [0.2, 0.25) is 0 Å². The first-order valence-electron chi connectivity index (χ1n) is 5.66. The minimum Gasteiger partial charge on any atom is -0.759 e. The van der Waals surface area contributed by atoms with Crippen molar-refractivity contribution in [2.24, 2.45) is 0 Å². The first-order valence-corrected chi connectivity index (χ1v) is 6.99. The zero-order valence-electron chi connectivity index (χ0n) is 10.9. The van der Waals surface area contributed by atoms with E-state index in [0.29, 0.717) is 11.4 Å². The molecule has 0 bridgehead atoms. The molecule has 0 radical (unpaired) electrons. The van der Waals surface area contributed by atoms with E-state index in [1.54, 1.807) is 48.5 Å². The molecule has 112 valence electrons.